The molecule has 7 unspecified atom stereocenters. The van der Waals surface area contributed by atoms with Gasteiger partial charge in [-0.3, -0.25) is 0 Å². The SMILES string of the molecule is COC(COc1ccc(C2=CCC(c3ccc(OCC(OC)C4OC4C)cc3)CC2)cc1)C1OC1C. The van der Waals surface area contributed by atoms with Crippen molar-refractivity contribution in [3.8, 4) is 11.5 Å². The maximum Gasteiger partial charge on any atom is 0.120 e. The van der Waals surface area contributed by atoms with E-state index in [1.54, 1.807) is 14.2 Å². The van der Waals surface area contributed by atoms with Gasteiger partial charge in [0.2, 0.25) is 0 Å². The molecule has 2 saturated heterocycles. The normalized spacial score (nSPS) is 28.7. The van der Waals surface area contributed by atoms with Crippen molar-refractivity contribution in [1.82, 2.24) is 0 Å². The average Bonchev–Trinajstić information content (AvgIpc) is 3.84. The van der Waals surface area contributed by atoms with Crippen LogP contribution in [0.5, 0.6) is 11.5 Å². The van der Waals surface area contributed by atoms with Gasteiger partial charge in [-0.05, 0) is 80.0 Å². The maximum absolute atomic E-state index is 5.95. The van der Waals surface area contributed by atoms with Gasteiger partial charge in [0.25, 0.3) is 0 Å². The van der Waals surface area contributed by atoms with Crippen molar-refractivity contribution in [1.29, 1.82) is 0 Å². The molecule has 0 radical (unpaired) electrons. The van der Waals surface area contributed by atoms with Crippen LogP contribution in [0, 0.1) is 0 Å². The molecule has 3 aliphatic rings. The van der Waals surface area contributed by atoms with Crippen LogP contribution in [0.25, 0.3) is 5.57 Å². The van der Waals surface area contributed by atoms with E-state index < -0.39 is 0 Å². The van der Waals surface area contributed by atoms with Gasteiger partial charge in [0.1, 0.15) is 49.1 Å². The van der Waals surface area contributed by atoms with Crippen LogP contribution in [0.2, 0.25) is 0 Å². The number of rotatable bonds is 12. The third kappa shape index (κ3) is 6.12. The Morgan fingerprint density at radius 1 is 0.778 bits per heavy atom. The second-order valence-corrected chi connectivity index (χ2v) is 10.1. The summed E-state index contributed by atoms with van der Waals surface area (Å²) >= 11 is 0. The van der Waals surface area contributed by atoms with Crippen LogP contribution in [-0.4, -0.2) is 64.1 Å². The first-order chi connectivity index (χ1) is 17.6. The molecule has 194 valence electrons. The van der Waals surface area contributed by atoms with Gasteiger partial charge in [-0.15, -0.1) is 0 Å². The number of epoxide rings is 2. The van der Waals surface area contributed by atoms with E-state index in [1.165, 1.54) is 16.7 Å². The lowest BCUT2D eigenvalue weighted by molar-refractivity contribution is 0.0373. The molecule has 36 heavy (non-hydrogen) atoms. The Kier molecular flexibility index (Phi) is 7.96. The lowest BCUT2D eigenvalue weighted by Gasteiger charge is -2.23. The Balaban J connectivity index is 1.10. The summed E-state index contributed by atoms with van der Waals surface area (Å²) in [7, 11) is 3.42. The minimum absolute atomic E-state index is 0.0226. The number of allylic oxidation sites excluding steroid dienone is 2. The monoisotopic (exact) mass is 494 g/mol. The van der Waals surface area contributed by atoms with Crippen molar-refractivity contribution in [2.45, 2.75) is 75.7 Å². The minimum atomic E-state index is -0.0262. The highest BCUT2D eigenvalue weighted by Gasteiger charge is 2.42. The van der Waals surface area contributed by atoms with E-state index in [0.717, 1.165) is 30.8 Å². The summed E-state index contributed by atoms with van der Waals surface area (Å²) in [4.78, 5) is 0. The van der Waals surface area contributed by atoms with E-state index in [0.29, 0.717) is 19.1 Å². The molecule has 6 nitrogen and oxygen atoms in total. The Morgan fingerprint density at radius 2 is 1.28 bits per heavy atom. The molecule has 0 aromatic heterocycles. The molecule has 1 aliphatic carbocycles. The molecule has 2 heterocycles. The van der Waals surface area contributed by atoms with Crippen molar-refractivity contribution >= 4 is 5.57 Å². The average molecular weight is 495 g/mol. The van der Waals surface area contributed by atoms with Gasteiger partial charge in [0.05, 0.1) is 12.2 Å². The first-order valence-corrected chi connectivity index (χ1v) is 13.1. The standard InChI is InChI=1S/C30H38O6/c1-19-29(35-19)27(31-3)17-33-25-13-9-23(10-14-25)21-5-7-22(8-6-21)24-11-15-26(16-12-24)34-18-28(32-4)30-20(2)36-30/h5,9-16,19-20,22,27-30H,6-8,17-18H2,1-4H3. The number of hydrogen-bond acceptors (Lipinski definition) is 6. The molecule has 2 aromatic carbocycles. The van der Waals surface area contributed by atoms with Gasteiger partial charge in [0.15, 0.2) is 0 Å². The van der Waals surface area contributed by atoms with Crippen LogP contribution in [0.1, 0.15) is 50.2 Å². The van der Waals surface area contributed by atoms with Crippen molar-refractivity contribution < 1.29 is 28.4 Å². The summed E-state index contributed by atoms with van der Waals surface area (Å²) in [5.41, 5.74) is 4.05. The lowest BCUT2D eigenvalue weighted by Crippen LogP contribution is -2.27. The third-order valence-electron chi connectivity index (χ3n) is 7.67. The van der Waals surface area contributed by atoms with Crippen LogP contribution in [-0.2, 0) is 18.9 Å². The van der Waals surface area contributed by atoms with E-state index in [9.17, 15) is 0 Å². The number of methoxy groups -OCH3 is 2. The molecule has 0 N–H and O–H groups in total. The molecule has 6 heteroatoms. The van der Waals surface area contributed by atoms with Crippen molar-refractivity contribution in [2.75, 3.05) is 27.4 Å². The summed E-state index contributed by atoms with van der Waals surface area (Å²) in [5, 5.41) is 0. The Labute approximate surface area is 214 Å². The predicted molar refractivity (Wildman–Crippen MR) is 139 cm³/mol. The molecule has 0 saturated carbocycles. The number of benzene rings is 2. The zero-order valence-corrected chi connectivity index (χ0v) is 21.7. The molecular formula is C30H38O6. The van der Waals surface area contributed by atoms with Crippen LogP contribution in [0.15, 0.2) is 54.6 Å². The highest BCUT2D eigenvalue weighted by atomic mass is 16.6. The minimum Gasteiger partial charge on any atom is -0.491 e. The summed E-state index contributed by atoms with van der Waals surface area (Å²) in [6.07, 6.45) is 6.41. The van der Waals surface area contributed by atoms with Gasteiger partial charge < -0.3 is 28.4 Å². The second-order valence-electron chi connectivity index (χ2n) is 10.1. The van der Waals surface area contributed by atoms with Gasteiger partial charge in [-0.25, -0.2) is 0 Å². The smallest absolute Gasteiger partial charge is 0.120 e. The summed E-state index contributed by atoms with van der Waals surface area (Å²) in [6.45, 7) is 5.12. The molecule has 5 rings (SSSR count). The molecule has 0 amide bonds. The largest absolute Gasteiger partial charge is 0.491 e. The highest BCUT2D eigenvalue weighted by Crippen LogP contribution is 2.37. The molecule has 2 aliphatic heterocycles. The van der Waals surface area contributed by atoms with E-state index >= 15 is 0 Å². The summed E-state index contributed by atoms with van der Waals surface area (Å²) in [6, 6.07) is 17.0. The molecule has 0 bridgehead atoms. The molecule has 0 spiro atoms. The number of hydrogen-bond donors (Lipinski definition) is 0. The summed E-state index contributed by atoms with van der Waals surface area (Å²) in [5.74, 6) is 2.27. The zero-order chi connectivity index (χ0) is 25.1. The van der Waals surface area contributed by atoms with Crippen LogP contribution in [0.4, 0.5) is 0 Å². The van der Waals surface area contributed by atoms with Crippen LogP contribution < -0.4 is 9.47 Å². The van der Waals surface area contributed by atoms with Crippen LogP contribution in [0.3, 0.4) is 0 Å². The predicted octanol–water partition coefficient (Wildman–Crippen LogP) is 5.40. The topological polar surface area (TPSA) is 62.0 Å². The van der Waals surface area contributed by atoms with Crippen molar-refractivity contribution in [3.63, 3.8) is 0 Å². The Hall–Kier alpha value is -2.38. The van der Waals surface area contributed by atoms with E-state index in [1.807, 2.05) is 0 Å². The second kappa shape index (κ2) is 11.3. The fourth-order valence-electron chi connectivity index (χ4n) is 5.14. The van der Waals surface area contributed by atoms with Crippen LogP contribution >= 0.6 is 0 Å². The Morgan fingerprint density at radius 3 is 1.69 bits per heavy atom. The first-order valence-electron chi connectivity index (χ1n) is 13.1. The van der Waals surface area contributed by atoms with E-state index in [2.05, 4.69) is 68.5 Å². The first kappa shape index (κ1) is 25.3. The highest BCUT2D eigenvalue weighted by molar-refractivity contribution is 5.67. The van der Waals surface area contributed by atoms with E-state index in [4.69, 9.17) is 28.4 Å². The van der Waals surface area contributed by atoms with Crippen molar-refractivity contribution in [3.05, 3.63) is 65.7 Å². The molecular weight excluding hydrogens is 456 g/mol. The molecule has 7 atom stereocenters. The van der Waals surface area contributed by atoms with E-state index in [-0.39, 0.29) is 36.6 Å². The fourth-order valence-corrected chi connectivity index (χ4v) is 5.14. The van der Waals surface area contributed by atoms with Gasteiger partial charge in [-0.2, -0.15) is 0 Å². The maximum atomic E-state index is 5.95. The number of ether oxygens (including phenoxy) is 6. The molecule has 2 fully saturated rings. The zero-order valence-electron chi connectivity index (χ0n) is 21.7. The fraction of sp³-hybridized carbons (Fsp3) is 0.533. The van der Waals surface area contributed by atoms with Gasteiger partial charge in [-0.1, -0.05) is 30.3 Å². The lowest BCUT2D eigenvalue weighted by atomic mass is 9.83. The van der Waals surface area contributed by atoms with Gasteiger partial charge >= 0.3 is 0 Å². The third-order valence-corrected chi connectivity index (χ3v) is 7.67. The summed E-state index contributed by atoms with van der Waals surface area (Å²) < 4.78 is 33.9. The molecule has 2 aromatic rings. The Bertz CT molecular complexity index is 1020. The quantitative estimate of drug-likeness (QED) is 0.368. The van der Waals surface area contributed by atoms with Gasteiger partial charge in [0, 0.05) is 14.2 Å². The van der Waals surface area contributed by atoms with Crippen molar-refractivity contribution in [2.24, 2.45) is 0 Å².